The van der Waals surface area contributed by atoms with E-state index in [1.807, 2.05) is 64.2 Å². The molecule has 0 fully saturated rings. The minimum atomic E-state index is -0.191. The lowest BCUT2D eigenvalue weighted by Gasteiger charge is -2.08. The van der Waals surface area contributed by atoms with Crippen LogP contribution in [0.15, 0.2) is 47.0 Å². The van der Waals surface area contributed by atoms with Gasteiger partial charge in [0.1, 0.15) is 5.69 Å². The molecular weight excluding hydrogens is 380 g/mol. The second-order valence-electron chi connectivity index (χ2n) is 7.71. The van der Waals surface area contributed by atoms with Gasteiger partial charge in [-0.15, -0.1) is 5.10 Å². The van der Waals surface area contributed by atoms with Crippen LogP contribution in [0.3, 0.4) is 0 Å². The second kappa shape index (κ2) is 7.98. The van der Waals surface area contributed by atoms with E-state index in [2.05, 4.69) is 30.8 Å². The topological polar surface area (TPSA) is 109 Å². The molecule has 0 unspecified atom stereocenters. The molecule has 8 nitrogen and oxygen atoms in total. The molecule has 0 radical (unpaired) electrons. The predicted molar refractivity (Wildman–Crippen MR) is 116 cm³/mol. The quantitative estimate of drug-likeness (QED) is 0.444. The highest BCUT2D eigenvalue weighted by molar-refractivity contribution is 5.98. The number of nitrogens with zero attached hydrogens (tertiary/aromatic N) is 3. The van der Waals surface area contributed by atoms with Crippen molar-refractivity contribution in [1.82, 2.24) is 25.5 Å². The molecule has 0 atom stereocenters. The third-order valence-electron chi connectivity index (χ3n) is 4.44. The van der Waals surface area contributed by atoms with Gasteiger partial charge in [-0.25, -0.2) is 4.98 Å². The van der Waals surface area contributed by atoms with Crippen molar-refractivity contribution in [2.24, 2.45) is 0 Å². The smallest absolute Gasteiger partial charge is 0.315 e. The number of aromatic nitrogens is 4. The molecule has 3 N–H and O–H groups in total. The molecule has 0 aliphatic carbocycles. The van der Waals surface area contributed by atoms with Gasteiger partial charge >= 0.3 is 6.01 Å². The van der Waals surface area contributed by atoms with Crippen LogP contribution in [0.2, 0.25) is 0 Å². The Morgan fingerprint density at radius 2 is 1.90 bits per heavy atom. The minimum absolute atomic E-state index is 0.0445. The second-order valence-corrected chi connectivity index (χ2v) is 7.71. The summed E-state index contributed by atoms with van der Waals surface area (Å²) in [6.45, 7) is 7.85. The van der Waals surface area contributed by atoms with Crippen molar-refractivity contribution < 1.29 is 9.21 Å². The number of rotatable bonds is 6. The molecule has 1 amide bonds. The van der Waals surface area contributed by atoms with Gasteiger partial charge < -0.3 is 20.0 Å². The zero-order chi connectivity index (χ0) is 21.3. The van der Waals surface area contributed by atoms with Crippen molar-refractivity contribution in [2.75, 3.05) is 5.32 Å². The fourth-order valence-electron chi connectivity index (χ4n) is 3.16. The summed E-state index contributed by atoms with van der Waals surface area (Å²) in [4.78, 5) is 20.2. The number of nitrogens with one attached hydrogen (secondary N) is 3. The Morgan fingerprint density at radius 1 is 1.07 bits per heavy atom. The van der Waals surface area contributed by atoms with E-state index in [4.69, 9.17) is 4.42 Å². The summed E-state index contributed by atoms with van der Waals surface area (Å²) < 4.78 is 5.73. The number of H-pyrrole nitrogens is 1. The third-order valence-corrected chi connectivity index (χ3v) is 4.44. The fraction of sp³-hybridized carbons (Fsp3) is 0.273. The minimum Gasteiger partial charge on any atom is -0.403 e. The molecule has 1 aromatic carbocycles. The molecule has 0 bridgehead atoms. The summed E-state index contributed by atoms with van der Waals surface area (Å²) in [5, 5.41) is 15.1. The predicted octanol–water partition coefficient (Wildman–Crippen LogP) is 4.24. The number of aromatic amines is 1. The van der Waals surface area contributed by atoms with Gasteiger partial charge in [-0.3, -0.25) is 4.79 Å². The Labute approximate surface area is 174 Å². The molecule has 0 aliphatic rings. The number of pyridine rings is 1. The van der Waals surface area contributed by atoms with E-state index in [-0.39, 0.29) is 18.0 Å². The maximum Gasteiger partial charge on any atom is 0.315 e. The first kappa shape index (κ1) is 19.6. The molecule has 30 heavy (non-hydrogen) atoms. The van der Waals surface area contributed by atoms with Crippen molar-refractivity contribution in [1.29, 1.82) is 0 Å². The molecule has 0 spiro atoms. The highest BCUT2D eigenvalue weighted by atomic mass is 16.4. The Morgan fingerprint density at radius 3 is 2.67 bits per heavy atom. The summed E-state index contributed by atoms with van der Waals surface area (Å²) in [5.74, 6) is 0.244. The van der Waals surface area contributed by atoms with E-state index in [0.29, 0.717) is 23.3 Å². The van der Waals surface area contributed by atoms with Crippen molar-refractivity contribution >= 4 is 22.8 Å². The van der Waals surface area contributed by atoms with Crippen LogP contribution in [-0.4, -0.2) is 38.2 Å². The maximum atomic E-state index is 12.3. The Kier molecular flexibility index (Phi) is 5.22. The normalized spacial score (nSPS) is 11.4. The van der Waals surface area contributed by atoms with Gasteiger partial charge in [0.15, 0.2) is 0 Å². The molecule has 154 valence electrons. The zero-order valence-electron chi connectivity index (χ0n) is 17.4. The summed E-state index contributed by atoms with van der Waals surface area (Å²) in [6.07, 6.45) is 1.89. The van der Waals surface area contributed by atoms with Gasteiger partial charge in [0.2, 0.25) is 5.89 Å². The lowest BCUT2D eigenvalue weighted by molar-refractivity contribution is 0.0938. The SMILES string of the molecule is CC(C)NC(=O)c1cccc(-c2c[nH]c3ccc(-c4nnc(NC(C)C)o4)cc23)n1. The van der Waals surface area contributed by atoms with E-state index < -0.39 is 0 Å². The molecule has 3 heterocycles. The lowest BCUT2D eigenvalue weighted by atomic mass is 10.1. The molecular formula is C22H24N6O2. The number of hydrogen-bond acceptors (Lipinski definition) is 6. The molecule has 4 aromatic rings. The zero-order valence-corrected chi connectivity index (χ0v) is 17.4. The van der Waals surface area contributed by atoms with E-state index in [1.165, 1.54) is 0 Å². The number of carbonyl (C=O) groups excluding carboxylic acids is 1. The number of hydrogen-bond donors (Lipinski definition) is 3. The number of fused-ring (bicyclic) bond motifs is 1. The van der Waals surface area contributed by atoms with Crippen molar-refractivity contribution in [2.45, 2.75) is 39.8 Å². The first-order valence-electron chi connectivity index (χ1n) is 9.90. The van der Waals surface area contributed by atoms with Crippen molar-refractivity contribution in [3.05, 3.63) is 48.3 Å². The molecule has 0 aliphatic heterocycles. The van der Waals surface area contributed by atoms with Crippen molar-refractivity contribution in [3.63, 3.8) is 0 Å². The number of amides is 1. The van der Waals surface area contributed by atoms with Crippen LogP contribution < -0.4 is 10.6 Å². The largest absolute Gasteiger partial charge is 0.403 e. The summed E-state index contributed by atoms with van der Waals surface area (Å²) in [6, 6.07) is 11.9. The highest BCUT2D eigenvalue weighted by Crippen LogP contribution is 2.31. The van der Waals surface area contributed by atoms with Gasteiger partial charge in [0.25, 0.3) is 5.91 Å². The van der Waals surface area contributed by atoms with Gasteiger partial charge in [-0.2, -0.15) is 0 Å². The van der Waals surface area contributed by atoms with Crippen LogP contribution in [0.5, 0.6) is 0 Å². The summed E-state index contributed by atoms with van der Waals surface area (Å²) >= 11 is 0. The fourth-order valence-corrected chi connectivity index (χ4v) is 3.16. The number of anilines is 1. The lowest BCUT2D eigenvalue weighted by Crippen LogP contribution is -2.30. The van der Waals surface area contributed by atoms with Crippen LogP contribution in [-0.2, 0) is 0 Å². The Balaban J connectivity index is 1.70. The van der Waals surface area contributed by atoms with Gasteiger partial charge in [-0.05, 0) is 58.0 Å². The van der Waals surface area contributed by atoms with Crippen LogP contribution in [0, 0.1) is 0 Å². The summed E-state index contributed by atoms with van der Waals surface area (Å²) in [7, 11) is 0. The van der Waals surface area contributed by atoms with Gasteiger partial charge in [-0.1, -0.05) is 11.2 Å². The number of carbonyl (C=O) groups is 1. The highest BCUT2D eigenvalue weighted by Gasteiger charge is 2.15. The van der Waals surface area contributed by atoms with E-state index in [0.717, 1.165) is 22.0 Å². The first-order valence-corrected chi connectivity index (χ1v) is 9.90. The van der Waals surface area contributed by atoms with Crippen LogP contribution in [0.4, 0.5) is 6.01 Å². The third kappa shape index (κ3) is 4.03. The standard InChI is InChI=1S/C22H24N6O2/c1-12(2)24-20(29)19-7-5-6-18(26-19)16-11-23-17-9-8-14(10-15(16)17)21-27-28-22(30-21)25-13(3)4/h5-13,23H,1-4H3,(H,24,29)(H,25,28). The average molecular weight is 404 g/mol. The van der Waals surface area contributed by atoms with E-state index >= 15 is 0 Å². The Bertz CT molecular complexity index is 1190. The van der Waals surface area contributed by atoms with Crippen LogP contribution in [0.1, 0.15) is 38.2 Å². The van der Waals surface area contributed by atoms with Crippen molar-refractivity contribution in [3.8, 4) is 22.7 Å². The van der Waals surface area contributed by atoms with E-state index in [1.54, 1.807) is 6.07 Å². The molecule has 3 aromatic heterocycles. The average Bonchev–Trinajstić information content (AvgIpc) is 3.33. The van der Waals surface area contributed by atoms with E-state index in [9.17, 15) is 4.79 Å². The van der Waals surface area contributed by atoms with Crippen LogP contribution >= 0.6 is 0 Å². The molecule has 4 rings (SSSR count). The summed E-state index contributed by atoms with van der Waals surface area (Å²) in [5.41, 5.74) is 3.75. The molecule has 0 saturated carbocycles. The monoisotopic (exact) mass is 404 g/mol. The first-order chi connectivity index (χ1) is 14.4. The molecule has 0 saturated heterocycles. The molecule has 8 heteroatoms. The van der Waals surface area contributed by atoms with Gasteiger partial charge in [0.05, 0.1) is 5.69 Å². The maximum absolute atomic E-state index is 12.3. The Hall–Kier alpha value is -3.68. The van der Waals surface area contributed by atoms with Crippen LogP contribution in [0.25, 0.3) is 33.6 Å². The number of benzene rings is 1. The van der Waals surface area contributed by atoms with Gasteiger partial charge in [0, 0.05) is 40.3 Å².